The highest BCUT2D eigenvalue weighted by molar-refractivity contribution is 7.80. The lowest BCUT2D eigenvalue weighted by Gasteiger charge is -2.09. The molecule has 0 aliphatic carbocycles. The number of alkyl halides is 3. The number of ether oxygens (including phenoxy) is 1. The third-order valence-corrected chi connectivity index (χ3v) is 1.74. The Hall–Kier alpha value is -1.61. The Bertz CT molecular complexity index is 405. The number of halogens is 3. The molecule has 1 rings (SSSR count). The molecule has 0 aromatic heterocycles. The van der Waals surface area contributed by atoms with Crippen LogP contribution in [0, 0.1) is 11.3 Å². The zero-order valence-electron chi connectivity index (χ0n) is 7.21. The Morgan fingerprint density at radius 2 is 1.80 bits per heavy atom. The molecule has 0 aliphatic rings. The highest BCUT2D eigenvalue weighted by Crippen LogP contribution is 2.21. The fourth-order valence-corrected chi connectivity index (χ4v) is 0.859. The summed E-state index contributed by atoms with van der Waals surface area (Å²) in [6, 6.07) is 7.00. The van der Waals surface area contributed by atoms with E-state index in [1.807, 2.05) is 6.07 Å². The average molecular weight is 231 g/mol. The standard InChI is InChI=1S/C9H4F3NOS/c10-9(11,12)8(15)14-7-3-1-6(5-13)2-4-7/h1-4H. The molecule has 0 heterocycles. The van der Waals surface area contributed by atoms with Crippen molar-refractivity contribution in [2.24, 2.45) is 0 Å². The van der Waals surface area contributed by atoms with E-state index >= 15 is 0 Å². The predicted octanol–water partition coefficient (Wildman–Crippen LogP) is 2.83. The fourth-order valence-electron chi connectivity index (χ4n) is 0.762. The molecule has 0 saturated carbocycles. The van der Waals surface area contributed by atoms with Crippen LogP contribution in [0.3, 0.4) is 0 Å². The molecule has 1 aromatic carbocycles. The van der Waals surface area contributed by atoms with E-state index in [1.54, 1.807) is 0 Å². The van der Waals surface area contributed by atoms with E-state index in [9.17, 15) is 13.2 Å². The normalized spacial score (nSPS) is 10.5. The molecular formula is C9H4F3NOS. The third-order valence-electron chi connectivity index (χ3n) is 1.43. The summed E-state index contributed by atoms with van der Waals surface area (Å²) in [4.78, 5) is 0. The molecule has 1 aromatic rings. The first-order chi connectivity index (χ1) is 6.93. The van der Waals surface area contributed by atoms with Crippen molar-refractivity contribution in [3.05, 3.63) is 29.8 Å². The average Bonchev–Trinajstić information content (AvgIpc) is 2.17. The van der Waals surface area contributed by atoms with Crippen LogP contribution in [0.15, 0.2) is 24.3 Å². The zero-order chi connectivity index (χ0) is 11.5. The first-order valence-electron chi connectivity index (χ1n) is 3.72. The molecule has 6 heteroatoms. The van der Waals surface area contributed by atoms with E-state index in [0.717, 1.165) is 0 Å². The lowest BCUT2D eigenvalue weighted by Crippen LogP contribution is -2.25. The van der Waals surface area contributed by atoms with Crippen LogP contribution in [-0.4, -0.2) is 11.2 Å². The first kappa shape index (κ1) is 11.5. The van der Waals surface area contributed by atoms with Gasteiger partial charge in [-0.2, -0.15) is 18.4 Å². The second-order valence-electron chi connectivity index (χ2n) is 2.52. The molecule has 2 nitrogen and oxygen atoms in total. The van der Waals surface area contributed by atoms with Crippen LogP contribution in [0.4, 0.5) is 13.2 Å². The van der Waals surface area contributed by atoms with Crippen LogP contribution in [-0.2, 0) is 0 Å². The highest BCUT2D eigenvalue weighted by Gasteiger charge is 2.36. The summed E-state index contributed by atoms with van der Waals surface area (Å²) in [7, 11) is 0. The minimum absolute atomic E-state index is 0.0451. The zero-order valence-corrected chi connectivity index (χ0v) is 8.02. The second-order valence-corrected chi connectivity index (χ2v) is 2.89. The van der Waals surface area contributed by atoms with Crippen molar-refractivity contribution < 1.29 is 17.9 Å². The molecule has 0 saturated heterocycles. The minimum atomic E-state index is -4.65. The Balaban J connectivity index is 2.75. The van der Waals surface area contributed by atoms with Gasteiger partial charge in [-0.05, 0) is 36.5 Å². The number of nitriles is 1. The summed E-state index contributed by atoms with van der Waals surface area (Å²) >= 11 is 4.02. The van der Waals surface area contributed by atoms with Crippen molar-refractivity contribution in [3.63, 3.8) is 0 Å². The molecule has 0 amide bonds. The molecule has 0 N–H and O–H groups in total. The van der Waals surface area contributed by atoms with Gasteiger partial charge in [0.2, 0.25) is 0 Å². The van der Waals surface area contributed by atoms with Crippen molar-refractivity contribution in [3.8, 4) is 11.8 Å². The molecular weight excluding hydrogens is 227 g/mol. The summed E-state index contributed by atoms with van der Waals surface area (Å²) in [5, 5.41) is 6.99. The molecule has 0 unspecified atom stereocenters. The van der Waals surface area contributed by atoms with Gasteiger partial charge in [0.05, 0.1) is 11.6 Å². The Morgan fingerprint density at radius 1 is 1.27 bits per heavy atom. The van der Waals surface area contributed by atoms with Gasteiger partial charge in [0, 0.05) is 0 Å². The van der Waals surface area contributed by atoms with E-state index in [2.05, 4.69) is 17.0 Å². The van der Waals surface area contributed by atoms with E-state index in [0.29, 0.717) is 5.56 Å². The third kappa shape index (κ3) is 3.22. The predicted molar refractivity (Wildman–Crippen MR) is 50.4 cm³/mol. The number of hydrogen-bond donors (Lipinski definition) is 0. The summed E-state index contributed by atoms with van der Waals surface area (Å²) in [6.07, 6.45) is -4.65. The van der Waals surface area contributed by atoms with Gasteiger partial charge < -0.3 is 4.74 Å². The van der Waals surface area contributed by atoms with Gasteiger partial charge in [0.15, 0.2) is 0 Å². The molecule has 0 aliphatic heterocycles. The number of thiocarbonyl (C=S) groups is 1. The van der Waals surface area contributed by atoms with Crippen molar-refractivity contribution in [2.45, 2.75) is 6.18 Å². The topological polar surface area (TPSA) is 33.0 Å². The number of nitrogens with zero attached hydrogens (tertiary/aromatic N) is 1. The Kier molecular flexibility index (Phi) is 3.27. The molecule has 0 radical (unpaired) electrons. The Morgan fingerprint density at radius 3 is 2.20 bits per heavy atom. The van der Waals surface area contributed by atoms with Gasteiger partial charge in [0.25, 0.3) is 5.05 Å². The van der Waals surface area contributed by atoms with Gasteiger partial charge in [-0.1, -0.05) is 0 Å². The van der Waals surface area contributed by atoms with Crippen LogP contribution in [0.25, 0.3) is 0 Å². The number of hydrogen-bond acceptors (Lipinski definition) is 3. The fraction of sp³-hybridized carbons (Fsp3) is 0.111. The van der Waals surface area contributed by atoms with Crippen LogP contribution in [0.1, 0.15) is 5.56 Å². The van der Waals surface area contributed by atoms with E-state index < -0.39 is 11.2 Å². The van der Waals surface area contributed by atoms with Crippen LogP contribution in [0.2, 0.25) is 0 Å². The van der Waals surface area contributed by atoms with Crippen LogP contribution >= 0.6 is 12.2 Å². The molecule has 0 bridgehead atoms. The largest absolute Gasteiger partial charge is 0.460 e. The maximum absolute atomic E-state index is 12.0. The van der Waals surface area contributed by atoms with E-state index in [1.165, 1.54) is 24.3 Å². The SMILES string of the molecule is N#Cc1ccc(OC(=S)C(F)(F)F)cc1. The lowest BCUT2D eigenvalue weighted by atomic mass is 10.2. The van der Waals surface area contributed by atoms with Crippen molar-refractivity contribution in [1.29, 1.82) is 5.26 Å². The highest BCUT2D eigenvalue weighted by atomic mass is 32.1. The van der Waals surface area contributed by atoms with E-state index in [-0.39, 0.29) is 5.75 Å². The molecule has 78 valence electrons. The van der Waals surface area contributed by atoms with Crippen LogP contribution in [0.5, 0.6) is 5.75 Å². The minimum Gasteiger partial charge on any atom is -0.442 e. The van der Waals surface area contributed by atoms with Gasteiger partial charge in [0.1, 0.15) is 5.75 Å². The molecule has 0 atom stereocenters. The van der Waals surface area contributed by atoms with Crippen molar-refractivity contribution >= 4 is 17.3 Å². The molecule has 0 spiro atoms. The van der Waals surface area contributed by atoms with Crippen LogP contribution < -0.4 is 4.74 Å². The van der Waals surface area contributed by atoms with Gasteiger partial charge in [-0.15, -0.1) is 0 Å². The van der Waals surface area contributed by atoms with Crippen molar-refractivity contribution in [1.82, 2.24) is 0 Å². The molecule has 0 fully saturated rings. The van der Waals surface area contributed by atoms with Gasteiger partial charge in [-0.3, -0.25) is 0 Å². The van der Waals surface area contributed by atoms with Crippen molar-refractivity contribution in [2.75, 3.05) is 0 Å². The smallest absolute Gasteiger partial charge is 0.442 e. The van der Waals surface area contributed by atoms with E-state index in [4.69, 9.17) is 5.26 Å². The second kappa shape index (κ2) is 4.28. The maximum atomic E-state index is 12.0. The molecule has 15 heavy (non-hydrogen) atoms. The van der Waals surface area contributed by atoms with Gasteiger partial charge in [-0.25, -0.2) is 0 Å². The number of rotatable bonds is 1. The summed E-state index contributed by atoms with van der Waals surface area (Å²) in [5.41, 5.74) is 0.334. The summed E-state index contributed by atoms with van der Waals surface area (Å²) in [6.45, 7) is 0. The quantitative estimate of drug-likeness (QED) is 0.697. The lowest BCUT2D eigenvalue weighted by molar-refractivity contribution is -0.0676. The monoisotopic (exact) mass is 231 g/mol. The first-order valence-corrected chi connectivity index (χ1v) is 4.13. The number of benzene rings is 1. The Labute approximate surface area is 88.9 Å². The summed E-state index contributed by atoms with van der Waals surface area (Å²) < 4.78 is 40.3. The maximum Gasteiger partial charge on any atom is 0.460 e. The van der Waals surface area contributed by atoms with Gasteiger partial charge >= 0.3 is 6.18 Å². The summed E-state index contributed by atoms with van der Waals surface area (Å²) in [5.74, 6) is -0.0451.